The van der Waals surface area contributed by atoms with E-state index in [1.165, 1.54) is 5.69 Å². The lowest BCUT2D eigenvalue weighted by molar-refractivity contribution is 0.224. The average molecular weight is 410 g/mol. The predicted molar refractivity (Wildman–Crippen MR) is 122 cm³/mol. The summed E-state index contributed by atoms with van der Waals surface area (Å²) < 4.78 is 11.4. The molecule has 1 saturated heterocycles. The molecule has 0 bridgehead atoms. The number of aliphatic imine (C=N–C) groups is 1. The summed E-state index contributed by atoms with van der Waals surface area (Å²) in [6, 6.07) is 16.3. The SMILES string of the molecule is COc1ccccc1N1CCN(CCCOc2ccc(NC3=NCCN3)cc2)CC1. The molecule has 2 aliphatic heterocycles. The Hall–Kier alpha value is -2.93. The minimum Gasteiger partial charge on any atom is -0.495 e. The molecule has 160 valence electrons. The van der Waals surface area contributed by atoms with Crippen LogP contribution in [0.2, 0.25) is 0 Å². The second kappa shape index (κ2) is 10.2. The standard InChI is InChI=1S/C23H31N5O2/c1-29-22-6-3-2-5-21(22)28-16-14-27(15-17-28)13-4-18-30-20-9-7-19(8-10-20)26-23-24-11-12-25-23/h2-3,5-10H,4,11-18H2,1H3,(H2,24,25,26). The lowest BCUT2D eigenvalue weighted by atomic mass is 10.2. The summed E-state index contributed by atoms with van der Waals surface area (Å²) >= 11 is 0. The van der Waals surface area contributed by atoms with Crippen LogP contribution in [0.1, 0.15) is 6.42 Å². The first-order chi connectivity index (χ1) is 14.8. The fourth-order valence-corrected chi connectivity index (χ4v) is 3.83. The first-order valence-electron chi connectivity index (χ1n) is 10.7. The van der Waals surface area contributed by atoms with Gasteiger partial charge in [-0.25, -0.2) is 0 Å². The smallest absolute Gasteiger partial charge is 0.195 e. The molecule has 2 aromatic rings. The van der Waals surface area contributed by atoms with Crippen molar-refractivity contribution in [1.29, 1.82) is 0 Å². The lowest BCUT2D eigenvalue weighted by Gasteiger charge is -2.36. The van der Waals surface area contributed by atoms with E-state index in [0.29, 0.717) is 0 Å². The highest BCUT2D eigenvalue weighted by molar-refractivity contribution is 5.94. The van der Waals surface area contributed by atoms with E-state index >= 15 is 0 Å². The van der Waals surface area contributed by atoms with Crippen molar-refractivity contribution >= 4 is 17.3 Å². The molecule has 0 saturated carbocycles. The number of rotatable bonds is 8. The first-order valence-corrected chi connectivity index (χ1v) is 10.7. The van der Waals surface area contributed by atoms with Gasteiger partial charge in [-0.05, 0) is 42.8 Å². The van der Waals surface area contributed by atoms with Crippen LogP contribution in [0.4, 0.5) is 11.4 Å². The van der Waals surface area contributed by atoms with Crippen molar-refractivity contribution in [2.24, 2.45) is 4.99 Å². The van der Waals surface area contributed by atoms with Crippen LogP contribution < -0.4 is 25.0 Å². The Morgan fingerprint density at radius 3 is 2.57 bits per heavy atom. The van der Waals surface area contributed by atoms with E-state index in [4.69, 9.17) is 9.47 Å². The Bertz CT molecular complexity index is 832. The van der Waals surface area contributed by atoms with Gasteiger partial charge in [0.25, 0.3) is 0 Å². The molecule has 0 spiro atoms. The highest BCUT2D eigenvalue weighted by atomic mass is 16.5. The average Bonchev–Trinajstić information content (AvgIpc) is 3.31. The molecule has 0 aliphatic carbocycles. The predicted octanol–water partition coefficient (Wildman–Crippen LogP) is 2.66. The third-order valence-corrected chi connectivity index (χ3v) is 5.48. The van der Waals surface area contributed by atoms with E-state index in [-0.39, 0.29) is 0 Å². The van der Waals surface area contributed by atoms with Crippen molar-refractivity contribution in [2.75, 3.05) is 69.7 Å². The molecule has 0 atom stereocenters. The molecule has 1 fully saturated rings. The number of hydrogen-bond donors (Lipinski definition) is 2. The maximum Gasteiger partial charge on any atom is 0.195 e. The zero-order chi connectivity index (χ0) is 20.6. The van der Waals surface area contributed by atoms with Crippen molar-refractivity contribution in [1.82, 2.24) is 10.2 Å². The van der Waals surface area contributed by atoms with Crippen LogP contribution in [0.15, 0.2) is 53.5 Å². The van der Waals surface area contributed by atoms with E-state index in [1.807, 2.05) is 36.4 Å². The minimum absolute atomic E-state index is 0.730. The van der Waals surface area contributed by atoms with Crippen LogP contribution in [0.5, 0.6) is 11.5 Å². The topological polar surface area (TPSA) is 61.4 Å². The fourth-order valence-electron chi connectivity index (χ4n) is 3.83. The van der Waals surface area contributed by atoms with E-state index in [0.717, 1.165) is 82.0 Å². The van der Waals surface area contributed by atoms with Crippen LogP contribution >= 0.6 is 0 Å². The van der Waals surface area contributed by atoms with Gasteiger partial charge in [-0.15, -0.1) is 0 Å². The molecule has 2 aromatic carbocycles. The van der Waals surface area contributed by atoms with Crippen LogP contribution in [0.25, 0.3) is 0 Å². The van der Waals surface area contributed by atoms with E-state index < -0.39 is 0 Å². The van der Waals surface area contributed by atoms with Gasteiger partial charge in [-0.2, -0.15) is 0 Å². The molecule has 4 rings (SSSR count). The monoisotopic (exact) mass is 409 g/mol. The van der Waals surface area contributed by atoms with Gasteiger partial charge in [0.2, 0.25) is 0 Å². The summed E-state index contributed by atoms with van der Waals surface area (Å²) in [5.74, 6) is 2.70. The Kier molecular flexibility index (Phi) is 6.92. The van der Waals surface area contributed by atoms with Crippen LogP contribution in [0.3, 0.4) is 0 Å². The summed E-state index contributed by atoms with van der Waals surface area (Å²) in [6.07, 6.45) is 1.02. The van der Waals surface area contributed by atoms with Gasteiger partial charge in [0.05, 0.1) is 25.9 Å². The lowest BCUT2D eigenvalue weighted by Crippen LogP contribution is -2.46. The Morgan fingerprint density at radius 2 is 1.83 bits per heavy atom. The number of nitrogens with zero attached hydrogens (tertiary/aromatic N) is 3. The molecule has 0 radical (unpaired) electrons. The van der Waals surface area contributed by atoms with Crippen molar-refractivity contribution in [2.45, 2.75) is 6.42 Å². The second-order valence-electron chi connectivity index (χ2n) is 7.51. The maximum atomic E-state index is 5.92. The molecule has 7 heteroatoms. The van der Waals surface area contributed by atoms with Gasteiger partial charge < -0.3 is 25.0 Å². The van der Waals surface area contributed by atoms with Gasteiger partial charge in [0, 0.05) is 45.0 Å². The molecule has 0 unspecified atom stereocenters. The molecule has 2 N–H and O–H groups in total. The van der Waals surface area contributed by atoms with Gasteiger partial charge in [-0.1, -0.05) is 12.1 Å². The van der Waals surface area contributed by atoms with Gasteiger partial charge in [-0.3, -0.25) is 9.89 Å². The van der Waals surface area contributed by atoms with Crippen molar-refractivity contribution in [3.8, 4) is 11.5 Å². The summed E-state index contributed by atoms with van der Waals surface area (Å²) in [6.45, 7) is 7.70. The number of anilines is 2. The van der Waals surface area contributed by atoms with E-state index in [9.17, 15) is 0 Å². The quantitative estimate of drug-likeness (QED) is 0.654. The number of guanidine groups is 1. The number of piperazine rings is 1. The summed E-state index contributed by atoms with van der Waals surface area (Å²) in [5.41, 5.74) is 2.21. The van der Waals surface area contributed by atoms with Crippen molar-refractivity contribution < 1.29 is 9.47 Å². The molecular formula is C23H31N5O2. The van der Waals surface area contributed by atoms with Crippen LogP contribution in [0, 0.1) is 0 Å². The Morgan fingerprint density at radius 1 is 1.03 bits per heavy atom. The van der Waals surface area contributed by atoms with E-state index in [1.54, 1.807) is 7.11 Å². The molecule has 0 amide bonds. The third kappa shape index (κ3) is 5.36. The van der Waals surface area contributed by atoms with E-state index in [2.05, 4.69) is 37.6 Å². The van der Waals surface area contributed by atoms with Gasteiger partial charge in [0.15, 0.2) is 5.96 Å². The minimum atomic E-state index is 0.730. The van der Waals surface area contributed by atoms with Crippen LogP contribution in [-0.2, 0) is 0 Å². The summed E-state index contributed by atoms with van der Waals surface area (Å²) in [7, 11) is 1.74. The molecule has 2 aliphatic rings. The Labute approximate surface area is 178 Å². The van der Waals surface area contributed by atoms with Gasteiger partial charge in [0.1, 0.15) is 11.5 Å². The zero-order valence-corrected chi connectivity index (χ0v) is 17.6. The largest absolute Gasteiger partial charge is 0.495 e. The molecule has 7 nitrogen and oxygen atoms in total. The molecule has 0 aromatic heterocycles. The zero-order valence-electron chi connectivity index (χ0n) is 17.6. The number of ether oxygens (including phenoxy) is 2. The normalized spacial score (nSPS) is 16.7. The van der Waals surface area contributed by atoms with Crippen molar-refractivity contribution in [3.63, 3.8) is 0 Å². The Balaban J connectivity index is 1.14. The third-order valence-electron chi connectivity index (χ3n) is 5.48. The second-order valence-corrected chi connectivity index (χ2v) is 7.51. The molecular weight excluding hydrogens is 378 g/mol. The van der Waals surface area contributed by atoms with Gasteiger partial charge >= 0.3 is 0 Å². The highest BCUT2D eigenvalue weighted by Gasteiger charge is 2.19. The summed E-state index contributed by atoms with van der Waals surface area (Å²) in [4.78, 5) is 9.26. The van der Waals surface area contributed by atoms with Crippen LogP contribution in [-0.4, -0.2) is 70.4 Å². The fraction of sp³-hybridized carbons (Fsp3) is 0.435. The first kappa shape index (κ1) is 20.3. The highest BCUT2D eigenvalue weighted by Crippen LogP contribution is 2.28. The van der Waals surface area contributed by atoms with Crippen molar-refractivity contribution in [3.05, 3.63) is 48.5 Å². The molecule has 2 heterocycles. The number of benzene rings is 2. The summed E-state index contributed by atoms with van der Waals surface area (Å²) in [5, 5.41) is 6.47. The number of para-hydroxylation sites is 2. The number of methoxy groups -OCH3 is 1. The number of nitrogens with one attached hydrogen (secondary N) is 2. The number of hydrogen-bond acceptors (Lipinski definition) is 7. The maximum absolute atomic E-state index is 5.92. The molecule has 30 heavy (non-hydrogen) atoms.